The summed E-state index contributed by atoms with van der Waals surface area (Å²) in [6, 6.07) is 0.631. The first-order chi connectivity index (χ1) is 8.17. The SMILES string of the molecule is CCNC(CCc1nccn1C)CC(C)CC. The van der Waals surface area contributed by atoms with E-state index in [4.69, 9.17) is 0 Å². The summed E-state index contributed by atoms with van der Waals surface area (Å²) in [5, 5.41) is 3.59. The molecule has 0 saturated carbocycles. The molecule has 3 heteroatoms. The average Bonchev–Trinajstić information content (AvgIpc) is 2.72. The summed E-state index contributed by atoms with van der Waals surface area (Å²) in [5.74, 6) is 2.00. The number of aromatic nitrogens is 2. The normalized spacial score (nSPS) is 14.8. The molecule has 1 N–H and O–H groups in total. The second kappa shape index (κ2) is 7.49. The minimum atomic E-state index is 0.631. The highest BCUT2D eigenvalue weighted by Gasteiger charge is 2.12. The van der Waals surface area contributed by atoms with Gasteiger partial charge in [0.15, 0.2) is 0 Å². The van der Waals surface area contributed by atoms with E-state index in [0.29, 0.717) is 6.04 Å². The highest BCUT2D eigenvalue weighted by molar-refractivity contribution is 4.92. The van der Waals surface area contributed by atoms with Crippen molar-refractivity contribution in [3.8, 4) is 0 Å². The lowest BCUT2D eigenvalue weighted by molar-refractivity contribution is 0.379. The number of rotatable bonds is 8. The molecule has 1 rings (SSSR count). The lowest BCUT2D eigenvalue weighted by Gasteiger charge is -2.21. The number of nitrogens with zero attached hydrogens (tertiary/aromatic N) is 2. The van der Waals surface area contributed by atoms with E-state index in [0.717, 1.165) is 18.9 Å². The average molecular weight is 237 g/mol. The first kappa shape index (κ1) is 14.2. The predicted octanol–water partition coefficient (Wildman–Crippen LogP) is 2.77. The van der Waals surface area contributed by atoms with E-state index in [2.05, 4.69) is 42.7 Å². The van der Waals surface area contributed by atoms with E-state index in [1.807, 2.05) is 12.4 Å². The van der Waals surface area contributed by atoms with E-state index >= 15 is 0 Å². The van der Waals surface area contributed by atoms with Crippen LogP contribution >= 0.6 is 0 Å². The van der Waals surface area contributed by atoms with Crippen molar-refractivity contribution in [3.05, 3.63) is 18.2 Å². The van der Waals surface area contributed by atoms with Crippen LogP contribution in [0.15, 0.2) is 12.4 Å². The van der Waals surface area contributed by atoms with Gasteiger partial charge in [0.2, 0.25) is 0 Å². The minimum Gasteiger partial charge on any atom is -0.338 e. The van der Waals surface area contributed by atoms with Crippen LogP contribution < -0.4 is 5.32 Å². The Morgan fingerprint density at radius 1 is 1.41 bits per heavy atom. The molecule has 0 fully saturated rings. The first-order valence-corrected chi connectivity index (χ1v) is 6.86. The van der Waals surface area contributed by atoms with Gasteiger partial charge < -0.3 is 9.88 Å². The molecular weight excluding hydrogens is 210 g/mol. The molecule has 0 amide bonds. The van der Waals surface area contributed by atoms with E-state index < -0.39 is 0 Å². The maximum atomic E-state index is 4.38. The van der Waals surface area contributed by atoms with Crippen molar-refractivity contribution in [2.75, 3.05) is 6.54 Å². The Morgan fingerprint density at radius 2 is 2.18 bits per heavy atom. The van der Waals surface area contributed by atoms with Gasteiger partial charge in [-0.25, -0.2) is 4.98 Å². The summed E-state index contributed by atoms with van der Waals surface area (Å²) < 4.78 is 2.12. The maximum Gasteiger partial charge on any atom is 0.108 e. The summed E-state index contributed by atoms with van der Waals surface area (Å²) in [5.41, 5.74) is 0. The summed E-state index contributed by atoms with van der Waals surface area (Å²) >= 11 is 0. The van der Waals surface area contributed by atoms with Crippen LogP contribution in [-0.2, 0) is 13.5 Å². The topological polar surface area (TPSA) is 29.9 Å². The van der Waals surface area contributed by atoms with Crippen LogP contribution in [0.1, 0.15) is 45.9 Å². The Balaban J connectivity index is 2.41. The monoisotopic (exact) mass is 237 g/mol. The third-order valence-corrected chi connectivity index (χ3v) is 3.51. The fraction of sp³-hybridized carbons (Fsp3) is 0.786. The zero-order chi connectivity index (χ0) is 12.7. The maximum absolute atomic E-state index is 4.38. The highest BCUT2D eigenvalue weighted by Crippen LogP contribution is 2.14. The van der Waals surface area contributed by atoms with Crippen LogP contribution in [0.3, 0.4) is 0 Å². The smallest absolute Gasteiger partial charge is 0.108 e. The van der Waals surface area contributed by atoms with Crippen LogP contribution in [0.5, 0.6) is 0 Å². The molecule has 17 heavy (non-hydrogen) atoms. The largest absolute Gasteiger partial charge is 0.338 e. The van der Waals surface area contributed by atoms with Crippen molar-refractivity contribution in [1.82, 2.24) is 14.9 Å². The van der Waals surface area contributed by atoms with E-state index in [1.54, 1.807) is 0 Å². The molecule has 1 aromatic heterocycles. The van der Waals surface area contributed by atoms with Crippen molar-refractivity contribution < 1.29 is 0 Å². The van der Waals surface area contributed by atoms with Gasteiger partial charge in [-0.3, -0.25) is 0 Å². The molecule has 3 nitrogen and oxygen atoms in total. The molecule has 0 saturated heterocycles. The molecule has 0 aliphatic carbocycles. The Labute approximate surface area is 106 Å². The molecule has 0 aliphatic rings. The van der Waals surface area contributed by atoms with Gasteiger partial charge >= 0.3 is 0 Å². The van der Waals surface area contributed by atoms with Crippen molar-refractivity contribution in [2.45, 2.75) is 52.5 Å². The van der Waals surface area contributed by atoms with Crippen LogP contribution in [0.2, 0.25) is 0 Å². The van der Waals surface area contributed by atoms with Gasteiger partial charge in [0, 0.05) is 31.9 Å². The molecular formula is C14H27N3. The van der Waals surface area contributed by atoms with Crippen LogP contribution in [0, 0.1) is 5.92 Å². The summed E-state index contributed by atoms with van der Waals surface area (Å²) in [7, 11) is 2.07. The number of hydrogen-bond donors (Lipinski definition) is 1. The number of hydrogen-bond acceptors (Lipinski definition) is 2. The fourth-order valence-electron chi connectivity index (χ4n) is 2.19. The van der Waals surface area contributed by atoms with Crippen molar-refractivity contribution in [3.63, 3.8) is 0 Å². The standard InChI is InChI=1S/C14H27N3/c1-5-12(3)11-13(15-6-2)7-8-14-16-9-10-17(14)4/h9-10,12-13,15H,5-8,11H2,1-4H3. The molecule has 0 bridgehead atoms. The Bertz CT molecular complexity index is 306. The Morgan fingerprint density at radius 3 is 2.71 bits per heavy atom. The van der Waals surface area contributed by atoms with Gasteiger partial charge in [-0.1, -0.05) is 27.2 Å². The summed E-state index contributed by atoms with van der Waals surface area (Å²) in [4.78, 5) is 4.38. The third kappa shape index (κ3) is 4.90. The lowest BCUT2D eigenvalue weighted by Crippen LogP contribution is -2.31. The summed E-state index contributed by atoms with van der Waals surface area (Å²) in [6.07, 6.45) is 8.69. The quantitative estimate of drug-likeness (QED) is 0.753. The first-order valence-electron chi connectivity index (χ1n) is 6.86. The number of nitrogens with one attached hydrogen (secondary N) is 1. The molecule has 0 spiro atoms. The van der Waals surface area contributed by atoms with E-state index in [-0.39, 0.29) is 0 Å². The van der Waals surface area contributed by atoms with Gasteiger partial charge in [-0.05, 0) is 25.3 Å². The van der Waals surface area contributed by atoms with Crippen molar-refractivity contribution in [2.24, 2.45) is 13.0 Å². The molecule has 0 aromatic carbocycles. The number of imidazole rings is 1. The number of aryl methyl sites for hydroxylation is 2. The van der Waals surface area contributed by atoms with Gasteiger partial charge in [-0.2, -0.15) is 0 Å². The van der Waals surface area contributed by atoms with Crippen LogP contribution in [0.25, 0.3) is 0 Å². The minimum absolute atomic E-state index is 0.631. The van der Waals surface area contributed by atoms with Crippen molar-refractivity contribution in [1.29, 1.82) is 0 Å². The van der Waals surface area contributed by atoms with Gasteiger partial charge in [-0.15, -0.1) is 0 Å². The zero-order valence-electron chi connectivity index (χ0n) is 11.7. The molecule has 2 unspecified atom stereocenters. The molecule has 0 aliphatic heterocycles. The predicted molar refractivity (Wildman–Crippen MR) is 73.1 cm³/mol. The van der Waals surface area contributed by atoms with Crippen LogP contribution in [-0.4, -0.2) is 22.1 Å². The lowest BCUT2D eigenvalue weighted by atomic mass is 9.96. The van der Waals surface area contributed by atoms with Gasteiger partial charge in [0.25, 0.3) is 0 Å². The van der Waals surface area contributed by atoms with Crippen LogP contribution in [0.4, 0.5) is 0 Å². The molecule has 1 heterocycles. The molecule has 1 aromatic rings. The third-order valence-electron chi connectivity index (χ3n) is 3.51. The molecule has 98 valence electrons. The van der Waals surface area contributed by atoms with Gasteiger partial charge in [0.05, 0.1) is 0 Å². The molecule has 2 atom stereocenters. The molecule has 0 radical (unpaired) electrons. The van der Waals surface area contributed by atoms with Gasteiger partial charge in [0.1, 0.15) is 5.82 Å². The van der Waals surface area contributed by atoms with Crippen molar-refractivity contribution >= 4 is 0 Å². The fourth-order valence-corrected chi connectivity index (χ4v) is 2.19. The Hall–Kier alpha value is -0.830. The second-order valence-corrected chi connectivity index (χ2v) is 5.00. The highest BCUT2D eigenvalue weighted by atomic mass is 15.0. The van der Waals surface area contributed by atoms with E-state index in [1.165, 1.54) is 25.1 Å². The Kier molecular flexibility index (Phi) is 6.27. The van der Waals surface area contributed by atoms with E-state index in [9.17, 15) is 0 Å². The second-order valence-electron chi connectivity index (χ2n) is 5.00. The zero-order valence-corrected chi connectivity index (χ0v) is 11.7. The summed E-state index contributed by atoms with van der Waals surface area (Å²) in [6.45, 7) is 7.85.